The van der Waals surface area contributed by atoms with E-state index in [9.17, 15) is 31.2 Å². The highest BCUT2D eigenvalue weighted by molar-refractivity contribution is 7.89. The van der Waals surface area contributed by atoms with Crippen LogP contribution in [0, 0.1) is 0 Å². The lowest BCUT2D eigenvalue weighted by Gasteiger charge is -2.17. The maximum absolute atomic E-state index is 13.2. The monoisotopic (exact) mass is 463 g/mol. The number of nitrogens with one attached hydrogen (secondary N) is 1. The molecule has 0 saturated carbocycles. The molecule has 1 aromatic heterocycles. The average Bonchev–Trinajstić information content (AvgIpc) is 3.19. The second-order valence-electron chi connectivity index (χ2n) is 6.68. The zero-order valence-electron chi connectivity index (χ0n) is 15.4. The van der Waals surface area contributed by atoms with Crippen LogP contribution in [0.15, 0.2) is 46.2 Å². The van der Waals surface area contributed by atoms with Crippen LogP contribution in [0.25, 0.3) is 0 Å². The predicted octanol–water partition coefficient (Wildman–Crippen LogP) is 2.94. The highest BCUT2D eigenvalue weighted by Crippen LogP contribution is 2.36. The Morgan fingerprint density at radius 2 is 1.80 bits per heavy atom. The Kier molecular flexibility index (Phi) is 6.25. The van der Waals surface area contributed by atoms with Crippen molar-refractivity contribution < 1.29 is 26.4 Å². The van der Waals surface area contributed by atoms with E-state index >= 15 is 0 Å². The number of halogens is 4. The number of carbonyl (C=O) groups is 1. The Bertz CT molecular complexity index is 1130. The minimum Gasteiger partial charge on any atom is -0.324 e. The number of aromatic nitrogens is 1. The van der Waals surface area contributed by atoms with E-state index in [-0.39, 0.29) is 9.92 Å². The number of benzene rings is 1. The summed E-state index contributed by atoms with van der Waals surface area (Å²) in [5.41, 5.74) is -2.33. The molecule has 7 nitrogen and oxygen atoms in total. The van der Waals surface area contributed by atoms with Crippen molar-refractivity contribution in [3.63, 3.8) is 0 Å². The van der Waals surface area contributed by atoms with Gasteiger partial charge in [0.1, 0.15) is 6.54 Å². The van der Waals surface area contributed by atoms with Crippen LogP contribution in [-0.4, -0.2) is 36.3 Å². The van der Waals surface area contributed by atoms with Gasteiger partial charge in [-0.2, -0.15) is 17.5 Å². The lowest BCUT2D eigenvalue weighted by Crippen LogP contribution is -2.31. The number of anilines is 1. The average molecular weight is 464 g/mol. The van der Waals surface area contributed by atoms with Gasteiger partial charge in [0.05, 0.1) is 16.1 Å². The van der Waals surface area contributed by atoms with E-state index in [2.05, 4.69) is 5.32 Å². The summed E-state index contributed by atoms with van der Waals surface area (Å²) in [6.45, 7) is 0.0551. The number of nitrogens with zero attached hydrogens (tertiary/aromatic N) is 2. The topological polar surface area (TPSA) is 88.5 Å². The number of rotatable bonds is 5. The Hall–Kier alpha value is -2.37. The summed E-state index contributed by atoms with van der Waals surface area (Å²) in [6.07, 6.45) is -2.29. The third-order valence-electron chi connectivity index (χ3n) is 4.53. The van der Waals surface area contributed by atoms with Crippen LogP contribution in [0.2, 0.25) is 5.02 Å². The summed E-state index contributed by atoms with van der Waals surface area (Å²) in [7, 11) is -3.83. The Morgan fingerprint density at radius 1 is 1.13 bits per heavy atom. The Morgan fingerprint density at radius 3 is 2.43 bits per heavy atom. The summed E-state index contributed by atoms with van der Waals surface area (Å²) < 4.78 is 66.9. The molecule has 1 fully saturated rings. The normalized spacial score (nSPS) is 15.3. The molecule has 0 aliphatic carbocycles. The molecule has 12 heteroatoms. The summed E-state index contributed by atoms with van der Waals surface area (Å²) in [6, 6.07) is 5.00. The second-order valence-corrected chi connectivity index (χ2v) is 9.05. The summed E-state index contributed by atoms with van der Waals surface area (Å²) in [4.78, 5) is 24.2. The molecule has 2 heterocycles. The molecule has 1 N–H and O–H groups in total. The first-order chi connectivity index (χ1) is 14.0. The summed E-state index contributed by atoms with van der Waals surface area (Å²) >= 11 is 5.60. The van der Waals surface area contributed by atoms with Gasteiger partial charge in [0, 0.05) is 30.4 Å². The minimum atomic E-state index is -4.76. The van der Waals surface area contributed by atoms with Gasteiger partial charge >= 0.3 is 6.18 Å². The van der Waals surface area contributed by atoms with Crippen molar-refractivity contribution in [2.45, 2.75) is 30.5 Å². The molecule has 0 bridgehead atoms. The number of hydrogen-bond acceptors (Lipinski definition) is 4. The van der Waals surface area contributed by atoms with Crippen LogP contribution < -0.4 is 10.9 Å². The van der Waals surface area contributed by atoms with Crippen LogP contribution >= 0.6 is 11.6 Å². The van der Waals surface area contributed by atoms with E-state index in [1.165, 1.54) is 10.4 Å². The molecular formula is C18H17ClF3N3O4S. The van der Waals surface area contributed by atoms with Gasteiger partial charge in [-0.1, -0.05) is 11.6 Å². The second kappa shape index (κ2) is 8.40. The fraction of sp³-hybridized carbons (Fsp3) is 0.333. The lowest BCUT2D eigenvalue weighted by molar-refractivity contribution is -0.137. The van der Waals surface area contributed by atoms with Gasteiger partial charge < -0.3 is 9.88 Å². The van der Waals surface area contributed by atoms with Crippen LogP contribution in [-0.2, 0) is 27.5 Å². The fourth-order valence-corrected chi connectivity index (χ4v) is 4.78. The van der Waals surface area contributed by atoms with E-state index in [1.54, 1.807) is 0 Å². The van der Waals surface area contributed by atoms with Gasteiger partial charge in [-0.15, -0.1) is 0 Å². The SMILES string of the molecule is O=C(Cn1cc(S(=O)(=O)N2CCCC2)ccc1=O)Nc1ccc(Cl)cc1C(F)(F)F. The van der Waals surface area contributed by atoms with Crippen molar-refractivity contribution in [1.29, 1.82) is 0 Å². The summed E-state index contributed by atoms with van der Waals surface area (Å²) in [5, 5.41) is 1.94. The molecule has 0 radical (unpaired) electrons. The van der Waals surface area contributed by atoms with Gasteiger partial charge in [0.2, 0.25) is 15.9 Å². The zero-order valence-corrected chi connectivity index (χ0v) is 17.0. The minimum absolute atomic E-state index is 0.156. The molecule has 0 spiro atoms. The third-order valence-corrected chi connectivity index (χ3v) is 6.65. The Labute approximate surface area is 175 Å². The Balaban J connectivity index is 1.84. The van der Waals surface area contributed by atoms with Gasteiger partial charge in [-0.05, 0) is 37.1 Å². The first kappa shape index (κ1) is 22.3. The molecule has 1 saturated heterocycles. The molecule has 30 heavy (non-hydrogen) atoms. The molecule has 3 rings (SSSR count). The van der Waals surface area contributed by atoms with Crippen molar-refractivity contribution in [1.82, 2.24) is 8.87 Å². The van der Waals surface area contributed by atoms with Crippen LogP contribution in [0.1, 0.15) is 18.4 Å². The lowest BCUT2D eigenvalue weighted by atomic mass is 10.1. The van der Waals surface area contributed by atoms with E-state index in [1.807, 2.05) is 0 Å². The summed E-state index contributed by atoms with van der Waals surface area (Å²) in [5.74, 6) is -0.930. The highest BCUT2D eigenvalue weighted by atomic mass is 35.5. The van der Waals surface area contributed by atoms with Gasteiger partial charge in [-0.25, -0.2) is 8.42 Å². The highest BCUT2D eigenvalue weighted by Gasteiger charge is 2.34. The number of amides is 1. The quantitative estimate of drug-likeness (QED) is 0.738. The number of pyridine rings is 1. The van der Waals surface area contributed by atoms with Gasteiger partial charge in [0.25, 0.3) is 5.56 Å². The third kappa shape index (κ3) is 4.85. The van der Waals surface area contributed by atoms with E-state index in [0.717, 1.165) is 41.8 Å². The van der Waals surface area contributed by atoms with Crippen molar-refractivity contribution in [2.24, 2.45) is 0 Å². The zero-order chi connectivity index (χ0) is 22.1. The van der Waals surface area contributed by atoms with Crippen molar-refractivity contribution in [3.05, 3.63) is 57.5 Å². The fourth-order valence-electron chi connectivity index (χ4n) is 3.07. The van der Waals surface area contributed by atoms with E-state index in [4.69, 9.17) is 11.6 Å². The first-order valence-electron chi connectivity index (χ1n) is 8.86. The molecule has 2 aromatic rings. The smallest absolute Gasteiger partial charge is 0.324 e. The van der Waals surface area contributed by atoms with E-state index in [0.29, 0.717) is 19.2 Å². The number of carbonyl (C=O) groups excluding carboxylic acids is 1. The maximum atomic E-state index is 13.2. The maximum Gasteiger partial charge on any atom is 0.418 e. The molecule has 1 aliphatic rings. The van der Waals surface area contributed by atoms with Crippen LogP contribution in [0.5, 0.6) is 0 Å². The standard InChI is InChI=1S/C18H17ClF3N3O4S/c19-12-3-5-15(14(9-12)18(20,21)22)23-16(26)11-24-10-13(4-6-17(24)27)30(28,29)25-7-1-2-8-25/h3-6,9-10H,1-2,7-8,11H2,(H,23,26). The number of sulfonamides is 1. The molecule has 0 atom stereocenters. The predicted molar refractivity (Wildman–Crippen MR) is 104 cm³/mol. The number of alkyl halides is 3. The van der Waals surface area contributed by atoms with Gasteiger partial charge in [0.15, 0.2) is 0 Å². The number of hydrogen-bond donors (Lipinski definition) is 1. The van der Waals surface area contributed by atoms with Crippen molar-refractivity contribution in [3.8, 4) is 0 Å². The van der Waals surface area contributed by atoms with Crippen molar-refractivity contribution >= 4 is 33.2 Å². The largest absolute Gasteiger partial charge is 0.418 e. The van der Waals surface area contributed by atoms with Crippen LogP contribution in [0.3, 0.4) is 0 Å². The molecule has 1 aromatic carbocycles. The van der Waals surface area contributed by atoms with Gasteiger partial charge in [-0.3, -0.25) is 9.59 Å². The van der Waals surface area contributed by atoms with Crippen LogP contribution in [0.4, 0.5) is 18.9 Å². The van der Waals surface area contributed by atoms with E-state index < -0.39 is 45.5 Å². The first-order valence-corrected chi connectivity index (χ1v) is 10.7. The molecule has 1 aliphatic heterocycles. The molecule has 0 unspecified atom stereocenters. The molecule has 162 valence electrons. The molecular weight excluding hydrogens is 447 g/mol. The molecule has 1 amide bonds. The van der Waals surface area contributed by atoms with Crippen molar-refractivity contribution in [2.75, 3.05) is 18.4 Å².